The highest BCUT2D eigenvalue weighted by Gasteiger charge is 2.36. The molecule has 0 saturated carbocycles. The number of benzene rings is 2. The number of carbonyl (C=O) groups excluding carboxylic acids is 1. The molecule has 1 fully saturated rings. The number of esters is 1. The summed E-state index contributed by atoms with van der Waals surface area (Å²) in [7, 11) is 0. The van der Waals surface area contributed by atoms with Gasteiger partial charge >= 0.3 is 5.97 Å². The lowest BCUT2D eigenvalue weighted by atomic mass is 9.86. The van der Waals surface area contributed by atoms with Crippen molar-refractivity contribution in [3.63, 3.8) is 0 Å². The molecule has 3 aromatic rings. The standard InChI is InChI=1S/C37H43FN2O6/c1-22(2)34-30(18-17-27-20-28(45-37(6,7)44-27)21-32(41)46-36(3,4)5)33(24-11-14-25(38)15-12-24)29-10-8-9-23-13-16-26(40(42)43)19-31(23)35(29)39-34/h11-19,22,27-28H,8-10,20-21H2,1-7H3/b18-17+/t27-,28-/m1/s1. The molecule has 9 heteroatoms. The van der Waals surface area contributed by atoms with Gasteiger partial charge in [-0.1, -0.05) is 44.2 Å². The fourth-order valence-electron chi connectivity index (χ4n) is 6.42. The predicted molar refractivity (Wildman–Crippen MR) is 176 cm³/mol. The number of ether oxygens (including phenoxy) is 3. The lowest BCUT2D eigenvalue weighted by Crippen LogP contribution is -2.45. The number of hydrogen-bond acceptors (Lipinski definition) is 7. The fourth-order valence-corrected chi connectivity index (χ4v) is 6.42. The third kappa shape index (κ3) is 7.70. The molecule has 244 valence electrons. The van der Waals surface area contributed by atoms with E-state index < -0.39 is 17.5 Å². The summed E-state index contributed by atoms with van der Waals surface area (Å²) < 4.78 is 32.1. The van der Waals surface area contributed by atoms with E-state index in [1.54, 1.807) is 24.3 Å². The molecule has 5 rings (SSSR count). The summed E-state index contributed by atoms with van der Waals surface area (Å²) >= 11 is 0. The topological polar surface area (TPSA) is 101 Å². The Labute approximate surface area is 270 Å². The van der Waals surface area contributed by atoms with E-state index >= 15 is 0 Å². The van der Waals surface area contributed by atoms with Gasteiger partial charge in [0.15, 0.2) is 5.79 Å². The van der Waals surface area contributed by atoms with Gasteiger partial charge in [-0.15, -0.1) is 0 Å². The molecule has 2 heterocycles. The van der Waals surface area contributed by atoms with E-state index in [1.807, 2.05) is 52.8 Å². The first-order valence-electron chi connectivity index (χ1n) is 16.0. The molecule has 1 aromatic heterocycles. The molecular weight excluding hydrogens is 587 g/mol. The van der Waals surface area contributed by atoms with Gasteiger partial charge in [-0.3, -0.25) is 19.9 Å². The second-order valence-corrected chi connectivity index (χ2v) is 13.9. The van der Waals surface area contributed by atoms with Crippen molar-refractivity contribution in [1.29, 1.82) is 0 Å². The van der Waals surface area contributed by atoms with Gasteiger partial charge in [-0.05, 0) is 94.2 Å². The molecule has 0 spiro atoms. The molecule has 1 aliphatic heterocycles. The monoisotopic (exact) mass is 630 g/mol. The minimum absolute atomic E-state index is 0.00140. The van der Waals surface area contributed by atoms with Crippen LogP contribution in [0.25, 0.3) is 28.5 Å². The maximum absolute atomic E-state index is 14.2. The van der Waals surface area contributed by atoms with E-state index in [0.717, 1.165) is 57.6 Å². The number of halogens is 1. The quantitative estimate of drug-likeness (QED) is 0.146. The lowest BCUT2D eigenvalue weighted by molar-refractivity contribution is -0.384. The van der Waals surface area contributed by atoms with E-state index in [4.69, 9.17) is 19.2 Å². The second-order valence-electron chi connectivity index (χ2n) is 13.9. The minimum Gasteiger partial charge on any atom is -0.460 e. The Morgan fingerprint density at radius 1 is 1.15 bits per heavy atom. The molecule has 0 bridgehead atoms. The van der Waals surface area contributed by atoms with Gasteiger partial charge in [0.25, 0.3) is 5.69 Å². The molecule has 0 amide bonds. The Kier molecular flexibility index (Phi) is 9.47. The van der Waals surface area contributed by atoms with E-state index in [1.165, 1.54) is 12.1 Å². The van der Waals surface area contributed by atoms with Crippen molar-refractivity contribution in [2.45, 2.75) is 110 Å². The molecule has 1 aliphatic carbocycles. The third-order valence-electron chi connectivity index (χ3n) is 8.15. The first kappa shape index (κ1) is 33.4. The number of nitro groups is 1. The SMILES string of the molecule is CC(C)c1nc2c(c(-c3ccc(F)cc3)c1/C=C/[C@@H]1C[C@H](CC(=O)OC(C)(C)C)OC(C)(C)O1)CCCc1ccc([N+](=O)[O-])cc1-2. The lowest BCUT2D eigenvalue weighted by Gasteiger charge is -2.40. The fraction of sp³-hybridized carbons (Fsp3) is 0.459. The zero-order chi connectivity index (χ0) is 33.4. The van der Waals surface area contributed by atoms with Crippen LogP contribution in [0.1, 0.15) is 96.0 Å². The predicted octanol–water partition coefficient (Wildman–Crippen LogP) is 8.73. The number of nitrogens with zero attached hydrogens (tertiary/aromatic N) is 2. The van der Waals surface area contributed by atoms with E-state index in [-0.39, 0.29) is 40.8 Å². The number of nitro benzene ring substituents is 1. The Balaban J connectivity index is 1.63. The zero-order valence-electron chi connectivity index (χ0n) is 27.7. The number of aromatic nitrogens is 1. The number of non-ortho nitro benzene ring substituents is 1. The summed E-state index contributed by atoms with van der Waals surface area (Å²) in [4.78, 5) is 29.2. The average Bonchev–Trinajstić information content (AvgIpc) is 3.12. The van der Waals surface area contributed by atoms with Crippen LogP contribution in [-0.4, -0.2) is 39.5 Å². The number of hydrogen-bond donors (Lipinski definition) is 0. The highest BCUT2D eigenvalue weighted by Crippen LogP contribution is 2.43. The molecular formula is C37H43FN2O6. The van der Waals surface area contributed by atoms with Gasteiger partial charge in [-0.2, -0.15) is 0 Å². The number of fused-ring (bicyclic) bond motifs is 3. The summed E-state index contributed by atoms with van der Waals surface area (Å²) in [5, 5.41) is 11.8. The van der Waals surface area contributed by atoms with Crippen LogP contribution in [0, 0.1) is 15.9 Å². The van der Waals surface area contributed by atoms with Crippen LogP contribution in [0.15, 0.2) is 48.5 Å². The molecule has 0 unspecified atom stereocenters. The molecule has 0 N–H and O–H groups in total. The molecule has 1 saturated heterocycles. The largest absolute Gasteiger partial charge is 0.460 e. The Bertz CT molecular complexity index is 1660. The first-order valence-corrected chi connectivity index (χ1v) is 16.0. The zero-order valence-corrected chi connectivity index (χ0v) is 27.7. The molecule has 8 nitrogen and oxygen atoms in total. The van der Waals surface area contributed by atoms with Crippen molar-refractivity contribution in [2.24, 2.45) is 0 Å². The van der Waals surface area contributed by atoms with Crippen molar-refractivity contribution >= 4 is 17.7 Å². The summed E-state index contributed by atoms with van der Waals surface area (Å²) in [6, 6.07) is 11.5. The molecule has 2 atom stereocenters. The molecule has 2 aromatic carbocycles. The van der Waals surface area contributed by atoms with Crippen molar-refractivity contribution in [3.05, 3.63) is 86.9 Å². The Morgan fingerprint density at radius 2 is 1.87 bits per heavy atom. The van der Waals surface area contributed by atoms with E-state index in [0.29, 0.717) is 12.8 Å². The van der Waals surface area contributed by atoms with Gasteiger partial charge in [0.2, 0.25) is 0 Å². The van der Waals surface area contributed by atoms with Crippen molar-refractivity contribution in [2.75, 3.05) is 0 Å². The Morgan fingerprint density at radius 3 is 2.52 bits per heavy atom. The van der Waals surface area contributed by atoms with Crippen molar-refractivity contribution in [3.8, 4) is 22.4 Å². The van der Waals surface area contributed by atoms with Crippen LogP contribution in [0.2, 0.25) is 0 Å². The maximum atomic E-state index is 14.2. The molecule has 46 heavy (non-hydrogen) atoms. The van der Waals surface area contributed by atoms with Gasteiger partial charge in [0.1, 0.15) is 11.4 Å². The smallest absolute Gasteiger partial charge is 0.308 e. The van der Waals surface area contributed by atoms with Gasteiger partial charge in [0, 0.05) is 29.7 Å². The van der Waals surface area contributed by atoms with Crippen LogP contribution in [0.3, 0.4) is 0 Å². The van der Waals surface area contributed by atoms with E-state index in [2.05, 4.69) is 13.8 Å². The Hall–Kier alpha value is -3.95. The minimum atomic E-state index is -0.926. The summed E-state index contributed by atoms with van der Waals surface area (Å²) in [5.41, 5.74) is 6.42. The average molecular weight is 631 g/mol. The van der Waals surface area contributed by atoms with Crippen LogP contribution in [0.5, 0.6) is 0 Å². The maximum Gasteiger partial charge on any atom is 0.308 e. The summed E-state index contributed by atoms with van der Waals surface area (Å²) in [6.45, 7) is 13.3. The number of carbonyl (C=O) groups is 1. The summed E-state index contributed by atoms with van der Waals surface area (Å²) in [5.74, 6) is -1.58. The van der Waals surface area contributed by atoms with Gasteiger partial charge < -0.3 is 14.2 Å². The van der Waals surface area contributed by atoms with Crippen molar-refractivity contribution < 1.29 is 28.3 Å². The van der Waals surface area contributed by atoms with Crippen LogP contribution >= 0.6 is 0 Å². The van der Waals surface area contributed by atoms with E-state index in [9.17, 15) is 19.3 Å². The third-order valence-corrected chi connectivity index (χ3v) is 8.15. The number of rotatable bonds is 7. The van der Waals surface area contributed by atoms with Crippen molar-refractivity contribution in [1.82, 2.24) is 4.98 Å². The number of aryl methyl sites for hydroxylation is 1. The van der Waals surface area contributed by atoms with Crippen LogP contribution in [-0.2, 0) is 31.8 Å². The van der Waals surface area contributed by atoms with Gasteiger partial charge in [0.05, 0.1) is 34.9 Å². The highest BCUT2D eigenvalue weighted by atomic mass is 19.1. The highest BCUT2D eigenvalue weighted by molar-refractivity contribution is 5.86. The van der Waals surface area contributed by atoms with Crippen LogP contribution < -0.4 is 0 Å². The first-order chi connectivity index (χ1) is 21.6. The number of pyridine rings is 1. The summed E-state index contributed by atoms with van der Waals surface area (Å²) in [6.07, 6.45) is 6.12. The van der Waals surface area contributed by atoms with Crippen LogP contribution in [0.4, 0.5) is 10.1 Å². The van der Waals surface area contributed by atoms with Gasteiger partial charge in [-0.25, -0.2) is 4.39 Å². The second kappa shape index (κ2) is 13.0. The normalized spacial score (nSPS) is 19.4. The molecule has 2 aliphatic rings. The molecule has 0 radical (unpaired) electrons.